The minimum atomic E-state index is 0.182. The van der Waals surface area contributed by atoms with Gasteiger partial charge in [-0.25, -0.2) is 0 Å². The van der Waals surface area contributed by atoms with Gasteiger partial charge in [0.2, 0.25) is 0 Å². The van der Waals surface area contributed by atoms with Crippen LogP contribution in [-0.4, -0.2) is 11.7 Å². The molecule has 1 heteroatoms. The van der Waals surface area contributed by atoms with Crippen LogP contribution < -0.4 is 0 Å². The fraction of sp³-hybridized carbons (Fsp3) is 0.733. The van der Waals surface area contributed by atoms with E-state index in [1.807, 2.05) is 6.08 Å². The largest absolute Gasteiger partial charge is 0.392 e. The number of aliphatic hydroxyl groups is 1. The predicted octanol–water partition coefficient (Wildman–Crippen LogP) is 4.48. The van der Waals surface area contributed by atoms with Crippen LogP contribution in [0.4, 0.5) is 0 Å². The van der Waals surface area contributed by atoms with Crippen LogP contribution in [0.5, 0.6) is 0 Å². The zero-order valence-corrected chi connectivity index (χ0v) is 11.4. The molecule has 0 bridgehead atoms. The van der Waals surface area contributed by atoms with Gasteiger partial charge in [0.15, 0.2) is 0 Å². The number of hydrogen-bond acceptors (Lipinski definition) is 1. The topological polar surface area (TPSA) is 20.2 Å². The Morgan fingerprint density at radius 2 is 1.81 bits per heavy atom. The molecule has 1 unspecified atom stereocenters. The monoisotopic (exact) mass is 224 g/mol. The van der Waals surface area contributed by atoms with Crippen molar-refractivity contribution >= 4 is 0 Å². The van der Waals surface area contributed by atoms with E-state index in [1.165, 1.54) is 36.8 Å². The van der Waals surface area contributed by atoms with E-state index in [4.69, 9.17) is 5.11 Å². The normalized spacial score (nSPS) is 13.7. The van der Waals surface area contributed by atoms with Crippen molar-refractivity contribution in [3.63, 3.8) is 0 Å². The lowest BCUT2D eigenvalue weighted by atomic mass is 9.97. The molecule has 0 spiro atoms. The van der Waals surface area contributed by atoms with Gasteiger partial charge in [-0.1, -0.05) is 36.6 Å². The van der Waals surface area contributed by atoms with Gasteiger partial charge in [-0.2, -0.15) is 0 Å². The highest BCUT2D eigenvalue weighted by atomic mass is 16.2. The smallest absolute Gasteiger partial charge is 0.0614 e. The Morgan fingerprint density at radius 3 is 2.38 bits per heavy atom. The number of allylic oxidation sites excluding steroid dienone is 3. The summed E-state index contributed by atoms with van der Waals surface area (Å²) in [5.74, 6) is 0.817. The van der Waals surface area contributed by atoms with Gasteiger partial charge >= 0.3 is 0 Å². The molecule has 0 saturated carbocycles. The molecule has 0 heterocycles. The van der Waals surface area contributed by atoms with E-state index in [-0.39, 0.29) is 6.61 Å². The lowest BCUT2D eigenvalue weighted by molar-refractivity contribution is 0.341. The van der Waals surface area contributed by atoms with Crippen LogP contribution in [0.1, 0.15) is 59.8 Å². The van der Waals surface area contributed by atoms with E-state index in [0.29, 0.717) is 0 Å². The second-order valence-corrected chi connectivity index (χ2v) is 5.09. The van der Waals surface area contributed by atoms with Crippen molar-refractivity contribution in [3.8, 4) is 0 Å². The Labute approximate surface area is 101 Å². The van der Waals surface area contributed by atoms with Crippen LogP contribution in [0.2, 0.25) is 0 Å². The second kappa shape index (κ2) is 9.65. The summed E-state index contributed by atoms with van der Waals surface area (Å²) in [7, 11) is 0. The SMILES string of the molecule is CC(C)=CCCC(C)CCCC(C)=CCO. The van der Waals surface area contributed by atoms with Gasteiger partial charge in [-0.3, -0.25) is 0 Å². The molecule has 0 aliphatic rings. The van der Waals surface area contributed by atoms with E-state index < -0.39 is 0 Å². The second-order valence-electron chi connectivity index (χ2n) is 5.09. The maximum Gasteiger partial charge on any atom is 0.0614 e. The average Bonchev–Trinajstić information content (AvgIpc) is 2.17. The maximum atomic E-state index is 8.73. The van der Waals surface area contributed by atoms with Gasteiger partial charge in [0, 0.05) is 0 Å². The Morgan fingerprint density at radius 1 is 1.12 bits per heavy atom. The summed E-state index contributed by atoms with van der Waals surface area (Å²) in [4.78, 5) is 0. The zero-order valence-electron chi connectivity index (χ0n) is 11.4. The highest BCUT2D eigenvalue weighted by molar-refractivity contribution is 4.97. The fourth-order valence-electron chi connectivity index (χ4n) is 1.79. The van der Waals surface area contributed by atoms with Gasteiger partial charge < -0.3 is 5.11 Å². The van der Waals surface area contributed by atoms with E-state index in [1.54, 1.807) is 0 Å². The molecular weight excluding hydrogens is 196 g/mol. The highest BCUT2D eigenvalue weighted by Crippen LogP contribution is 2.17. The Bertz CT molecular complexity index is 222. The highest BCUT2D eigenvalue weighted by Gasteiger charge is 2.01. The van der Waals surface area contributed by atoms with E-state index >= 15 is 0 Å². The van der Waals surface area contributed by atoms with Crippen LogP contribution in [0.3, 0.4) is 0 Å². The molecule has 1 N–H and O–H groups in total. The van der Waals surface area contributed by atoms with Gasteiger partial charge in [0.1, 0.15) is 0 Å². The van der Waals surface area contributed by atoms with Crippen molar-refractivity contribution in [2.45, 2.75) is 59.8 Å². The fourth-order valence-corrected chi connectivity index (χ4v) is 1.79. The molecule has 1 atom stereocenters. The first-order valence-corrected chi connectivity index (χ1v) is 6.46. The number of rotatable bonds is 8. The van der Waals surface area contributed by atoms with Gasteiger partial charge in [-0.15, -0.1) is 0 Å². The van der Waals surface area contributed by atoms with Crippen molar-refractivity contribution < 1.29 is 5.11 Å². The quantitative estimate of drug-likeness (QED) is 0.603. The van der Waals surface area contributed by atoms with Gasteiger partial charge in [0.05, 0.1) is 6.61 Å². The summed E-state index contributed by atoms with van der Waals surface area (Å²) >= 11 is 0. The molecule has 0 aromatic rings. The summed E-state index contributed by atoms with van der Waals surface area (Å²) in [6.45, 7) is 8.94. The first-order valence-electron chi connectivity index (χ1n) is 6.46. The van der Waals surface area contributed by atoms with Crippen molar-refractivity contribution in [1.82, 2.24) is 0 Å². The number of aliphatic hydroxyl groups excluding tert-OH is 1. The van der Waals surface area contributed by atoms with E-state index in [0.717, 1.165) is 12.3 Å². The molecule has 0 saturated heterocycles. The molecule has 0 aliphatic heterocycles. The first-order chi connectivity index (χ1) is 7.56. The first kappa shape index (κ1) is 15.4. The summed E-state index contributed by atoms with van der Waals surface area (Å²) in [6.07, 6.45) is 10.4. The molecule has 94 valence electrons. The summed E-state index contributed by atoms with van der Waals surface area (Å²) in [5, 5.41) is 8.73. The lowest BCUT2D eigenvalue weighted by Gasteiger charge is -2.10. The number of hydrogen-bond donors (Lipinski definition) is 1. The molecule has 0 amide bonds. The van der Waals surface area contributed by atoms with Crippen molar-refractivity contribution in [1.29, 1.82) is 0 Å². The molecule has 16 heavy (non-hydrogen) atoms. The van der Waals surface area contributed by atoms with E-state index in [2.05, 4.69) is 33.8 Å². The minimum Gasteiger partial charge on any atom is -0.392 e. The van der Waals surface area contributed by atoms with Crippen LogP contribution in [0, 0.1) is 5.92 Å². The van der Waals surface area contributed by atoms with Crippen LogP contribution in [0.25, 0.3) is 0 Å². The van der Waals surface area contributed by atoms with Crippen LogP contribution in [0.15, 0.2) is 23.3 Å². The zero-order chi connectivity index (χ0) is 12.4. The molecule has 1 nitrogen and oxygen atoms in total. The van der Waals surface area contributed by atoms with Crippen molar-refractivity contribution in [2.75, 3.05) is 6.61 Å². The van der Waals surface area contributed by atoms with Crippen LogP contribution in [-0.2, 0) is 0 Å². The Balaban J connectivity index is 3.54. The lowest BCUT2D eigenvalue weighted by Crippen LogP contribution is -1.94. The summed E-state index contributed by atoms with van der Waals surface area (Å²) in [5.41, 5.74) is 2.74. The van der Waals surface area contributed by atoms with Gasteiger partial charge in [0.25, 0.3) is 0 Å². The molecular formula is C15H28O. The molecule has 0 aliphatic carbocycles. The summed E-state index contributed by atoms with van der Waals surface area (Å²) < 4.78 is 0. The van der Waals surface area contributed by atoms with E-state index in [9.17, 15) is 0 Å². The summed E-state index contributed by atoms with van der Waals surface area (Å²) in [6, 6.07) is 0. The maximum absolute atomic E-state index is 8.73. The molecule has 0 rings (SSSR count). The molecule has 0 aromatic carbocycles. The third-order valence-electron chi connectivity index (χ3n) is 2.92. The minimum absolute atomic E-state index is 0.182. The predicted molar refractivity (Wildman–Crippen MR) is 72.5 cm³/mol. The Hall–Kier alpha value is -0.560. The third-order valence-corrected chi connectivity index (χ3v) is 2.92. The van der Waals surface area contributed by atoms with Crippen LogP contribution >= 0.6 is 0 Å². The van der Waals surface area contributed by atoms with Crippen molar-refractivity contribution in [3.05, 3.63) is 23.3 Å². The standard InChI is InChI=1S/C15H28O/c1-13(2)7-5-8-14(3)9-6-10-15(4)11-12-16/h7,11,14,16H,5-6,8-10,12H2,1-4H3. The average molecular weight is 224 g/mol. The van der Waals surface area contributed by atoms with Gasteiger partial charge in [-0.05, 0) is 52.4 Å². The Kier molecular flexibility index (Phi) is 9.31. The molecule has 0 aromatic heterocycles. The third kappa shape index (κ3) is 9.97. The van der Waals surface area contributed by atoms with Crippen molar-refractivity contribution in [2.24, 2.45) is 5.92 Å². The molecule has 0 fully saturated rings. The molecule has 0 radical (unpaired) electrons.